The zero-order valence-corrected chi connectivity index (χ0v) is 7.18. The average molecular weight is 158 g/mol. The monoisotopic (exact) mass is 158 g/mol. The average Bonchev–Trinajstić information content (AvgIpc) is 2.72. The Morgan fingerprint density at radius 2 is 2.36 bits per heavy atom. The third-order valence-corrected chi connectivity index (χ3v) is 1.92. The summed E-state index contributed by atoms with van der Waals surface area (Å²) < 4.78 is 4.91. The van der Waals surface area contributed by atoms with Gasteiger partial charge in [-0.15, -0.1) is 0 Å². The van der Waals surface area contributed by atoms with Crippen molar-refractivity contribution in [1.29, 1.82) is 0 Å². The Labute approximate surface area is 68.3 Å². The number of methoxy groups -OCH3 is 1. The highest BCUT2D eigenvalue weighted by Crippen LogP contribution is 2.27. The van der Waals surface area contributed by atoms with Crippen LogP contribution in [0.15, 0.2) is 0 Å². The molecule has 11 heavy (non-hydrogen) atoms. The van der Waals surface area contributed by atoms with E-state index in [1.165, 1.54) is 12.8 Å². The lowest BCUT2D eigenvalue weighted by Crippen LogP contribution is -2.37. The molecule has 0 heterocycles. The maximum Gasteiger partial charge on any atom is 0.0626 e. The molecular formula is C8H18N2O. The van der Waals surface area contributed by atoms with Gasteiger partial charge in [-0.05, 0) is 25.3 Å². The zero-order valence-electron chi connectivity index (χ0n) is 7.18. The minimum Gasteiger partial charge on any atom is -0.383 e. The van der Waals surface area contributed by atoms with E-state index in [0.717, 1.165) is 19.0 Å². The smallest absolute Gasteiger partial charge is 0.0626 e. The van der Waals surface area contributed by atoms with Gasteiger partial charge >= 0.3 is 0 Å². The summed E-state index contributed by atoms with van der Waals surface area (Å²) in [5, 5.41) is 3.33. The Morgan fingerprint density at radius 1 is 1.64 bits per heavy atom. The second-order valence-corrected chi connectivity index (χ2v) is 3.32. The van der Waals surface area contributed by atoms with Crippen LogP contribution in [0.3, 0.4) is 0 Å². The van der Waals surface area contributed by atoms with Crippen LogP contribution in [0.25, 0.3) is 0 Å². The van der Waals surface area contributed by atoms with Gasteiger partial charge < -0.3 is 15.8 Å². The summed E-state index contributed by atoms with van der Waals surface area (Å²) in [4.78, 5) is 0. The van der Waals surface area contributed by atoms with E-state index in [9.17, 15) is 0 Å². The summed E-state index contributed by atoms with van der Waals surface area (Å²) in [6, 6.07) is 0.152. The highest BCUT2D eigenvalue weighted by Gasteiger charge is 2.20. The highest BCUT2D eigenvalue weighted by molar-refractivity contribution is 4.76. The summed E-state index contributed by atoms with van der Waals surface area (Å²) in [5.74, 6) is 0.935. The highest BCUT2D eigenvalue weighted by atomic mass is 16.5. The van der Waals surface area contributed by atoms with Crippen LogP contribution < -0.4 is 11.1 Å². The lowest BCUT2D eigenvalue weighted by Gasteiger charge is -2.10. The maximum absolute atomic E-state index is 5.70. The second kappa shape index (κ2) is 4.70. The molecule has 1 aliphatic carbocycles. The van der Waals surface area contributed by atoms with Gasteiger partial charge in [-0.1, -0.05) is 0 Å². The Balaban J connectivity index is 1.84. The first-order valence-corrected chi connectivity index (χ1v) is 4.28. The molecule has 0 aromatic rings. The topological polar surface area (TPSA) is 47.3 Å². The van der Waals surface area contributed by atoms with E-state index in [1.807, 2.05) is 0 Å². The molecule has 1 rings (SSSR count). The minimum atomic E-state index is 0.152. The number of ether oxygens (including phenoxy) is 1. The lowest BCUT2D eigenvalue weighted by molar-refractivity contribution is 0.179. The molecule has 1 unspecified atom stereocenters. The molecule has 0 amide bonds. The first kappa shape index (κ1) is 8.97. The molecule has 0 bridgehead atoms. The quantitative estimate of drug-likeness (QED) is 0.570. The molecule has 0 saturated heterocycles. The van der Waals surface area contributed by atoms with Crippen LogP contribution >= 0.6 is 0 Å². The maximum atomic E-state index is 5.70. The van der Waals surface area contributed by atoms with Gasteiger partial charge in [0.1, 0.15) is 0 Å². The molecule has 0 spiro atoms. The van der Waals surface area contributed by atoms with Crippen molar-refractivity contribution in [3.05, 3.63) is 0 Å². The van der Waals surface area contributed by atoms with Crippen molar-refractivity contribution in [1.82, 2.24) is 5.32 Å². The normalized spacial score (nSPS) is 20.2. The summed E-state index contributed by atoms with van der Waals surface area (Å²) in [6.07, 6.45) is 2.79. The molecule has 1 aliphatic rings. The van der Waals surface area contributed by atoms with Gasteiger partial charge in [0, 0.05) is 19.7 Å². The molecule has 66 valence electrons. The molecule has 3 nitrogen and oxygen atoms in total. The van der Waals surface area contributed by atoms with Gasteiger partial charge in [0.2, 0.25) is 0 Å². The predicted octanol–water partition coefficient (Wildman–Crippen LogP) is -0.0403. The molecule has 0 radical (unpaired) electrons. The van der Waals surface area contributed by atoms with Gasteiger partial charge in [-0.2, -0.15) is 0 Å². The van der Waals surface area contributed by atoms with E-state index in [0.29, 0.717) is 6.61 Å². The van der Waals surface area contributed by atoms with E-state index in [1.54, 1.807) is 7.11 Å². The summed E-state index contributed by atoms with van der Waals surface area (Å²) >= 11 is 0. The molecule has 1 atom stereocenters. The number of rotatable bonds is 6. The largest absolute Gasteiger partial charge is 0.383 e. The summed E-state index contributed by atoms with van der Waals surface area (Å²) in [6.45, 7) is 2.67. The third-order valence-electron chi connectivity index (χ3n) is 1.92. The van der Waals surface area contributed by atoms with Crippen LogP contribution in [-0.2, 0) is 4.74 Å². The first-order chi connectivity index (χ1) is 5.33. The molecule has 0 aromatic carbocycles. The van der Waals surface area contributed by atoms with Crippen molar-refractivity contribution in [2.75, 3.05) is 26.8 Å². The summed E-state index contributed by atoms with van der Waals surface area (Å²) in [5.41, 5.74) is 5.70. The van der Waals surface area contributed by atoms with Gasteiger partial charge in [0.25, 0.3) is 0 Å². The fraction of sp³-hybridized carbons (Fsp3) is 1.00. The number of hydrogen-bond donors (Lipinski definition) is 2. The number of nitrogens with one attached hydrogen (secondary N) is 1. The van der Waals surface area contributed by atoms with Crippen molar-refractivity contribution in [3.8, 4) is 0 Å². The van der Waals surface area contributed by atoms with Gasteiger partial charge in [0.15, 0.2) is 0 Å². The molecule has 3 N–H and O–H groups in total. The minimum absolute atomic E-state index is 0.152. The molecule has 1 saturated carbocycles. The molecular weight excluding hydrogens is 140 g/mol. The third kappa shape index (κ3) is 4.35. The Hall–Kier alpha value is -0.120. The van der Waals surface area contributed by atoms with Gasteiger partial charge in [-0.25, -0.2) is 0 Å². The van der Waals surface area contributed by atoms with E-state index in [-0.39, 0.29) is 6.04 Å². The Kier molecular flexibility index (Phi) is 3.83. The Morgan fingerprint density at radius 3 is 2.91 bits per heavy atom. The van der Waals surface area contributed by atoms with Crippen molar-refractivity contribution < 1.29 is 4.74 Å². The SMILES string of the molecule is COCC(N)CNCC1CC1. The van der Waals surface area contributed by atoms with Crippen LogP contribution in [0.5, 0.6) is 0 Å². The Bertz CT molecular complexity index is 104. The van der Waals surface area contributed by atoms with Gasteiger partial charge in [-0.3, -0.25) is 0 Å². The van der Waals surface area contributed by atoms with Crippen molar-refractivity contribution in [2.24, 2.45) is 11.7 Å². The molecule has 0 aromatic heterocycles. The van der Waals surface area contributed by atoms with Crippen molar-refractivity contribution in [2.45, 2.75) is 18.9 Å². The fourth-order valence-electron chi connectivity index (χ4n) is 1.07. The first-order valence-electron chi connectivity index (χ1n) is 4.28. The van der Waals surface area contributed by atoms with E-state index in [4.69, 9.17) is 10.5 Å². The molecule has 3 heteroatoms. The van der Waals surface area contributed by atoms with Crippen molar-refractivity contribution in [3.63, 3.8) is 0 Å². The lowest BCUT2D eigenvalue weighted by atomic mass is 10.3. The second-order valence-electron chi connectivity index (χ2n) is 3.32. The fourth-order valence-corrected chi connectivity index (χ4v) is 1.07. The predicted molar refractivity (Wildman–Crippen MR) is 45.4 cm³/mol. The zero-order chi connectivity index (χ0) is 8.10. The van der Waals surface area contributed by atoms with Crippen LogP contribution in [0.1, 0.15) is 12.8 Å². The van der Waals surface area contributed by atoms with Crippen LogP contribution in [0.4, 0.5) is 0 Å². The van der Waals surface area contributed by atoms with E-state index >= 15 is 0 Å². The van der Waals surface area contributed by atoms with Crippen LogP contribution in [-0.4, -0.2) is 32.8 Å². The van der Waals surface area contributed by atoms with E-state index < -0.39 is 0 Å². The van der Waals surface area contributed by atoms with Crippen molar-refractivity contribution >= 4 is 0 Å². The molecule has 1 fully saturated rings. The van der Waals surface area contributed by atoms with Gasteiger partial charge in [0.05, 0.1) is 6.61 Å². The summed E-state index contributed by atoms with van der Waals surface area (Å²) in [7, 11) is 1.68. The standard InChI is InChI=1S/C8H18N2O/c1-11-6-8(9)5-10-4-7-2-3-7/h7-8,10H,2-6,9H2,1H3. The number of nitrogens with two attached hydrogens (primary N) is 1. The molecule has 0 aliphatic heterocycles. The van der Waals surface area contributed by atoms with Crippen LogP contribution in [0.2, 0.25) is 0 Å². The number of hydrogen-bond acceptors (Lipinski definition) is 3. The van der Waals surface area contributed by atoms with Crippen LogP contribution in [0, 0.1) is 5.92 Å². The van der Waals surface area contributed by atoms with E-state index in [2.05, 4.69) is 5.32 Å².